The third kappa shape index (κ3) is 1.89. The van der Waals surface area contributed by atoms with Crippen LogP contribution in [0, 0.1) is 0 Å². The number of benzene rings is 1. The molecule has 0 atom stereocenters. The molecular formula is C14H8ClNO2. The van der Waals surface area contributed by atoms with Crippen molar-refractivity contribution >= 4 is 22.6 Å². The summed E-state index contributed by atoms with van der Waals surface area (Å²) in [5, 5.41) is 1.41. The number of hydrogen-bond acceptors (Lipinski definition) is 3. The van der Waals surface area contributed by atoms with Crippen LogP contribution in [0.2, 0.25) is 5.02 Å². The van der Waals surface area contributed by atoms with E-state index in [1.54, 1.807) is 48.8 Å². The van der Waals surface area contributed by atoms with Gasteiger partial charge in [-0.2, -0.15) is 0 Å². The van der Waals surface area contributed by atoms with Crippen molar-refractivity contribution in [1.29, 1.82) is 0 Å². The molecule has 0 aliphatic rings. The van der Waals surface area contributed by atoms with Crippen molar-refractivity contribution in [3.05, 3.63) is 64.2 Å². The first kappa shape index (κ1) is 11.0. The van der Waals surface area contributed by atoms with Crippen molar-refractivity contribution in [2.45, 2.75) is 0 Å². The Bertz CT molecular complexity index is 766. The zero-order valence-corrected chi connectivity index (χ0v) is 10.0. The van der Waals surface area contributed by atoms with Crippen molar-refractivity contribution < 1.29 is 4.42 Å². The molecule has 88 valence electrons. The minimum atomic E-state index is -0.365. The van der Waals surface area contributed by atoms with Crippen LogP contribution in [0.4, 0.5) is 0 Å². The van der Waals surface area contributed by atoms with Gasteiger partial charge in [-0.25, -0.2) is 4.79 Å². The summed E-state index contributed by atoms with van der Waals surface area (Å²) >= 11 is 5.93. The van der Waals surface area contributed by atoms with Gasteiger partial charge in [-0.05, 0) is 42.0 Å². The van der Waals surface area contributed by atoms with Gasteiger partial charge in [0.25, 0.3) is 0 Å². The molecule has 3 rings (SSSR count). The van der Waals surface area contributed by atoms with Gasteiger partial charge >= 0.3 is 5.63 Å². The number of pyridine rings is 1. The van der Waals surface area contributed by atoms with Crippen LogP contribution in [0.15, 0.2) is 58.0 Å². The molecule has 0 fully saturated rings. The lowest BCUT2D eigenvalue weighted by Gasteiger charge is -2.02. The molecule has 0 unspecified atom stereocenters. The van der Waals surface area contributed by atoms with E-state index in [4.69, 9.17) is 16.0 Å². The summed E-state index contributed by atoms with van der Waals surface area (Å²) in [6.45, 7) is 0. The fourth-order valence-electron chi connectivity index (χ4n) is 1.83. The summed E-state index contributed by atoms with van der Waals surface area (Å²) in [5.74, 6) is 0. The minimum Gasteiger partial charge on any atom is -0.422 e. The van der Waals surface area contributed by atoms with E-state index >= 15 is 0 Å². The van der Waals surface area contributed by atoms with Crippen LogP contribution < -0.4 is 5.63 Å². The second-order valence-electron chi connectivity index (χ2n) is 3.87. The first-order valence-electron chi connectivity index (χ1n) is 5.38. The molecule has 0 saturated carbocycles. The van der Waals surface area contributed by atoms with Gasteiger partial charge in [0.2, 0.25) is 0 Å². The number of rotatable bonds is 1. The van der Waals surface area contributed by atoms with Gasteiger partial charge in [0.1, 0.15) is 5.58 Å². The normalized spacial score (nSPS) is 10.7. The van der Waals surface area contributed by atoms with Crippen LogP contribution in [0.25, 0.3) is 22.1 Å². The Labute approximate surface area is 108 Å². The summed E-state index contributed by atoms with van der Waals surface area (Å²) in [5.41, 5.74) is 1.45. The van der Waals surface area contributed by atoms with Crippen molar-refractivity contribution in [3.63, 3.8) is 0 Å². The number of fused-ring (bicyclic) bond motifs is 1. The van der Waals surface area contributed by atoms with E-state index in [1.165, 1.54) is 0 Å². The van der Waals surface area contributed by atoms with E-state index < -0.39 is 0 Å². The van der Waals surface area contributed by atoms with Crippen LogP contribution in [0.1, 0.15) is 0 Å². The van der Waals surface area contributed by atoms with Gasteiger partial charge < -0.3 is 4.42 Å². The van der Waals surface area contributed by atoms with Gasteiger partial charge in [-0.1, -0.05) is 11.6 Å². The number of aromatic nitrogens is 1. The highest BCUT2D eigenvalue weighted by Gasteiger charge is 2.07. The van der Waals surface area contributed by atoms with Crippen molar-refractivity contribution in [3.8, 4) is 11.1 Å². The molecule has 3 nitrogen and oxygen atoms in total. The molecule has 0 amide bonds. The van der Waals surface area contributed by atoms with Crippen LogP contribution in [-0.2, 0) is 0 Å². The Balaban J connectivity index is 2.31. The first-order valence-corrected chi connectivity index (χ1v) is 5.76. The standard InChI is InChI=1S/C14H8ClNO2/c15-11-1-2-13-10(7-11)8-12(14(17)18-13)9-3-5-16-6-4-9/h1-8H. The lowest BCUT2D eigenvalue weighted by atomic mass is 10.1. The molecule has 3 aromatic rings. The topological polar surface area (TPSA) is 43.1 Å². The Hall–Kier alpha value is -2.13. The van der Waals surface area contributed by atoms with Gasteiger partial charge in [0.05, 0.1) is 5.56 Å². The SMILES string of the molecule is O=c1oc2ccc(Cl)cc2cc1-c1ccncc1. The number of halogens is 1. The average Bonchev–Trinajstić information content (AvgIpc) is 2.39. The molecule has 2 aromatic heterocycles. The maximum Gasteiger partial charge on any atom is 0.344 e. The second-order valence-corrected chi connectivity index (χ2v) is 4.30. The minimum absolute atomic E-state index is 0.365. The third-order valence-corrected chi connectivity index (χ3v) is 2.92. The Morgan fingerprint density at radius 1 is 1.06 bits per heavy atom. The van der Waals surface area contributed by atoms with E-state index in [1.807, 2.05) is 0 Å². The lowest BCUT2D eigenvalue weighted by molar-refractivity contribution is 0.563. The first-order chi connectivity index (χ1) is 8.74. The van der Waals surface area contributed by atoms with E-state index in [0.717, 1.165) is 10.9 Å². The molecule has 4 heteroatoms. The maximum atomic E-state index is 11.9. The largest absolute Gasteiger partial charge is 0.422 e. The Kier molecular flexibility index (Phi) is 2.61. The molecule has 0 aliphatic heterocycles. The fourth-order valence-corrected chi connectivity index (χ4v) is 2.01. The number of hydrogen-bond donors (Lipinski definition) is 0. The van der Waals surface area contributed by atoms with Gasteiger partial charge in [-0.15, -0.1) is 0 Å². The zero-order valence-electron chi connectivity index (χ0n) is 9.26. The van der Waals surface area contributed by atoms with E-state index in [2.05, 4.69) is 4.98 Å². The van der Waals surface area contributed by atoms with Gasteiger partial charge in [-0.3, -0.25) is 4.98 Å². The zero-order chi connectivity index (χ0) is 12.5. The van der Waals surface area contributed by atoms with E-state index in [-0.39, 0.29) is 5.63 Å². The quantitative estimate of drug-likeness (QED) is 0.627. The van der Waals surface area contributed by atoms with Gasteiger partial charge in [0, 0.05) is 22.8 Å². The highest BCUT2D eigenvalue weighted by atomic mass is 35.5. The molecule has 2 heterocycles. The highest BCUT2D eigenvalue weighted by molar-refractivity contribution is 6.31. The van der Waals surface area contributed by atoms with Gasteiger partial charge in [0.15, 0.2) is 0 Å². The molecule has 0 saturated heterocycles. The summed E-state index contributed by atoms with van der Waals surface area (Å²) in [6.07, 6.45) is 3.27. The lowest BCUT2D eigenvalue weighted by Crippen LogP contribution is -2.02. The molecule has 0 spiro atoms. The van der Waals surface area contributed by atoms with Crippen LogP contribution in [0.3, 0.4) is 0 Å². The average molecular weight is 258 g/mol. The molecule has 0 bridgehead atoms. The monoisotopic (exact) mass is 257 g/mol. The smallest absolute Gasteiger partial charge is 0.344 e. The predicted octanol–water partition coefficient (Wildman–Crippen LogP) is 3.51. The summed E-state index contributed by atoms with van der Waals surface area (Å²) in [4.78, 5) is 15.8. The van der Waals surface area contributed by atoms with E-state index in [0.29, 0.717) is 16.2 Å². The Morgan fingerprint density at radius 2 is 1.83 bits per heavy atom. The van der Waals surface area contributed by atoms with E-state index in [9.17, 15) is 4.79 Å². The van der Waals surface area contributed by atoms with Crippen LogP contribution >= 0.6 is 11.6 Å². The third-order valence-electron chi connectivity index (χ3n) is 2.69. The molecule has 0 aliphatic carbocycles. The molecular weight excluding hydrogens is 250 g/mol. The fraction of sp³-hybridized carbons (Fsp3) is 0. The van der Waals surface area contributed by atoms with Crippen molar-refractivity contribution in [2.24, 2.45) is 0 Å². The highest BCUT2D eigenvalue weighted by Crippen LogP contribution is 2.22. The summed E-state index contributed by atoms with van der Waals surface area (Å²) in [6, 6.07) is 10.5. The summed E-state index contributed by atoms with van der Waals surface area (Å²) < 4.78 is 5.27. The van der Waals surface area contributed by atoms with Crippen LogP contribution in [0.5, 0.6) is 0 Å². The van der Waals surface area contributed by atoms with Crippen molar-refractivity contribution in [1.82, 2.24) is 4.98 Å². The maximum absolute atomic E-state index is 11.9. The molecule has 1 aromatic carbocycles. The predicted molar refractivity (Wildman–Crippen MR) is 70.7 cm³/mol. The Morgan fingerprint density at radius 3 is 2.61 bits per heavy atom. The second kappa shape index (κ2) is 4.27. The van der Waals surface area contributed by atoms with Crippen LogP contribution in [-0.4, -0.2) is 4.98 Å². The van der Waals surface area contributed by atoms with Crippen molar-refractivity contribution in [2.75, 3.05) is 0 Å². The molecule has 0 radical (unpaired) electrons. The molecule has 0 N–H and O–H groups in total. The summed E-state index contributed by atoms with van der Waals surface area (Å²) in [7, 11) is 0. The molecule has 18 heavy (non-hydrogen) atoms. The number of nitrogens with zero attached hydrogens (tertiary/aromatic N) is 1.